The van der Waals surface area contributed by atoms with E-state index in [2.05, 4.69) is 33.0 Å². The summed E-state index contributed by atoms with van der Waals surface area (Å²) in [5.41, 5.74) is 1.12. The zero-order valence-corrected chi connectivity index (χ0v) is 15.9. The molecule has 8 heteroatoms. The number of aromatic nitrogens is 4. The minimum Gasteiger partial charge on any atom is -0.352 e. The van der Waals surface area contributed by atoms with Crippen molar-refractivity contribution in [3.8, 4) is 0 Å². The first-order chi connectivity index (χ1) is 12.6. The molecule has 1 aliphatic heterocycles. The van der Waals surface area contributed by atoms with Gasteiger partial charge in [-0.05, 0) is 25.5 Å². The largest absolute Gasteiger partial charge is 0.352 e. The van der Waals surface area contributed by atoms with Gasteiger partial charge in [0.15, 0.2) is 0 Å². The van der Waals surface area contributed by atoms with Crippen molar-refractivity contribution in [3.05, 3.63) is 35.2 Å². The highest BCUT2D eigenvalue weighted by Crippen LogP contribution is 2.30. The number of hydrogen-bond donors (Lipinski definition) is 0. The van der Waals surface area contributed by atoms with Gasteiger partial charge in [-0.2, -0.15) is 5.10 Å². The molecule has 4 heterocycles. The third-order valence-corrected chi connectivity index (χ3v) is 5.64. The highest BCUT2D eigenvalue weighted by molar-refractivity contribution is 7.18. The normalized spacial score (nSPS) is 15.0. The molecule has 0 N–H and O–H groups in total. The lowest BCUT2D eigenvalue weighted by Gasteiger charge is -2.35. The van der Waals surface area contributed by atoms with E-state index in [0.717, 1.165) is 47.8 Å². The molecule has 0 aliphatic carbocycles. The number of nitrogens with zero attached hydrogens (tertiary/aromatic N) is 6. The van der Waals surface area contributed by atoms with Crippen LogP contribution >= 0.6 is 11.3 Å². The first-order valence-corrected chi connectivity index (χ1v) is 9.65. The van der Waals surface area contributed by atoms with E-state index in [4.69, 9.17) is 0 Å². The molecule has 0 atom stereocenters. The maximum Gasteiger partial charge on any atom is 0.224 e. The quantitative estimate of drug-likeness (QED) is 0.705. The molecule has 4 rings (SSSR count). The molecule has 1 amide bonds. The molecule has 0 aromatic carbocycles. The summed E-state index contributed by atoms with van der Waals surface area (Å²) in [5, 5.41) is 5.35. The van der Waals surface area contributed by atoms with Crippen molar-refractivity contribution in [2.24, 2.45) is 0 Å². The van der Waals surface area contributed by atoms with Crippen molar-refractivity contribution in [2.45, 2.75) is 26.8 Å². The van der Waals surface area contributed by atoms with Gasteiger partial charge in [0.1, 0.15) is 17.0 Å². The van der Waals surface area contributed by atoms with Gasteiger partial charge in [-0.3, -0.25) is 9.48 Å². The topological polar surface area (TPSA) is 67.2 Å². The van der Waals surface area contributed by atoms with Gasteiger partial charge < -0.3 is 9.80 Å². The number of rotatable bonds is 4. The molecule has 0 saturated carbocycles. The van der Waals surface area contributed by atoms with E-state index in [1.54, 1.807) is 17.7 Å². The summed E-state index contributed by atoms with van der Waals surface area (Å²) in [6.07, 6.45) is 5.91. The van der Waals surface area contributed by atoms with Gasteiger partial charge in [0.05, 0.1) is 11.6 Å². The van der Waals surface area contributed by atoms with Crippen LogP contribution in [0.2, 0.25) is 0 Å². The van der Waals surface area contributed by atoms with Gasteiger partial charge in [-0.25, -0.2) is 9.97 Å². The Morgan fingerprint density at radius 3 is 2.73 bits per heavy atom. The number of carbonyl (C=O) groups excluding carboxylic acids is 1. The monoisotopic (exact) mass is 370 g/mol. The minimum absolute atomic E-state index is 0.192. The van der Waals surface area contributed by atoms with E-state index in [1.165, 1.54) is 4.88 Å². The van der Waals surface area contributed by atoms with Crippen LogP contribution in [0, 0.1) is 13.8 Å². The summed E-state index contributed by atoms with van der Waals surface area (Å²) >= 11 is 1.69. The van der Waals surface area contributed by atoms with Crippen LogP contribution in [0.3, 0.4) is 0 Å². The Labute approximate surface area is 156 Å². The number of aryl methyl sites for hydroxylation is 3. The first kappa shape index (κ1) is 17.0. The summed E-state index contributed by atoms with van der Waals surface area (Å²) in [7, 11) is 0. The molecule has 0 radical (unpaired) electrons. The molecule has 7 nitrogen and oxygen atoms in total. The van der Waals surface area contributed by atoms with E-state index >= 15 is 0 Å². The molecular weight excluding hydrogens is 348 g/mol. The molecular formula is C18H22N6OS. The van der Waals surface area contributed by atoms with Gasteiger partial charge in [0.25, 0.3) is 0 Å². The highest BCUT2D eigenvalue weighted by atomic mass is 32.1. The van der Waals surface area contributed by atoms with Crippen LogP contribution in [0.5, 0.6) is 0 Å². The Hall–Kier alpha value is -2.48. The molecule has 26 heavy (non-hydrogen) atoms. The van der Waals surface area contributed by atoms with Gasteiger partial charge in [-0.1, -0.05) is 0 Å². The summed E-state index contributed by atoms with van der Waals surface area (Å²) < 4.78 is 1.83. The molecule has 0 unspecified atom stereocenters. The smallest absolute Gasteiger partial charge is 0.224 e. The maximum atomic E-state index is 12.5. The SMILES string of the molecule is Cc1cnn(CCC(=O)N2CCN(c3ncnc4sc(C)cc34)CC2)c1. The minimum atomic E-state index is 0.192. The number of carbonyl (C=O) groups is 1. The van der Waals surface area contributed by atoms with Crippen LogP contribution in [-0.2, 0) is 11.3 Å². The third-order valence-electron chi connectivity index (χ3n) is 4.68. The predicted molar refractivity (Wildman–Crippen MR) is 103 cm³/mol. The first-order valence-electron chi connectivity index (χ1n) is 8.83. The Morgan fingerprint density at radius 2 is 2.00 bits per heavy atom. The second kappa shape index (κ2) is 7.03. The summed E-state index contributed by atoms with van der Waals surface area (Å²) in [6, 6.07) is 2.15. The van der Waals surface area contributed by atoms with E-state index in [1.807, 2.05) is 28.9 Å². The highest BCUT2D eigenvalue weighted by Gasteiger charge is 2.23. The van der Waals surface area contributed by atoms with Crippen molar-refractivity contribution < 1.29 is 4.79 Å². The van der Waals surface area contributed by atoms with E-state index in [0.29, 0.717) is 13.0 Å². The standard InChI is InChI=1S/C18H22N6OS/c1-13-10-21-24(11-13)4-3-16(25)22-5-7-23(8-6-22)17-15-9-14(2)26-18(15)20-12-19-17/h9-12H,3-8H2,1-2H3. The maximum absolute atomic E-state index is 12.5. The van der Waals surface area contributed by atoms with Crippen LogP contribution in [0.1, 0.15) is 16.9 Å². The number of hydrogen-bond acceptors (Lipinski definition) is 6. The lowest BCUT2D eigenvalue weighted by molar-refractivity contribution is -0.131. The fourth-order valence-corrected chi connectivity index (χ4v) is 4.18. The predicted octanol–water partition coefficient (Wildman–Crippen LogP) is 2.24. The third kappa shape index (κ3) is 3.41. The summed E-state index contributed by atoms with van der Waals surface area (Å²) in [6.45, 7) is 7.78. The number of thiophene rings is 1. The average molecular weight is 370 g/mol. The zero-order valence-electron chi connectivity index (χ0n) is 15.1. The summed E-state index contributed by atoms with van der Waals surface area (Å²) in [4.78, 5) is 27.8. The number of anilines is 1. The van der Waals surface area contributed by atoms with Crippen LogP contribution in [-0.4, -0.2) is 56.7 Å². The van der Waals surface area contributed by atoms with Crippen molar-refractivity contribution in [3.63, 3.8) is 0 Å². The van der Waals surface area contributed by atoms with Gasteiger partial charge in [0.2, 0.25) is 5.91 Å². The van der Waals surface area contributed by atoms with E-state index in [9.17, 15) is 4.79 Å². The van der Waals surface area contributed by atoms with Crippen LogP contribution in [0.15, 0.2) is 24.8 Å². The molecule has 3 aromatic rings. The van der Waals surface area contributed by atoms with E-state index < -0.39 is 0 Å². The molecule has 1 fully saturated rings. The number of piperazine rings is 1. The van der Waals surface area contributed by atoms with Crippen LogP contribution < -0.4 is 4.90 Å². The van der Waals surface area contributed by atoms with E-state index in [-0.39, 0.29) is 5.91 Å². The Balaban J connectivity index is 1.36. The van der Waals surface area contributed by atoms with Gasteiger partial charge in [0, 0.05) is 50.2 Å². The average Bonchev–Trinajstić information content (AvgIpc) is 3.24. The number of fused-ring (bicyclic) bond motifs is 1. The Bertz CT molecular complexity index is 925. The second-order valence-corrected chi connectivity index (χ2v) is 7.91. The Kier molecular flexibility index (Phi) is 4.58. The van der Waals surface area contributed by atoms with Gasteiger partial charge >= 0.3 is 0 Å². The van der Waals surface area contributed by atoms with Crippen molar-refractivity contribution in [2.75, 3.05) is 31.1 Å². The Morgan fingerprint density at radius 1 is 1.19 bits per heavy atom. The fourth-order valence-electron chi connectivity index (χ4n) is 3.34. The zero-order chi connectivity index (χ0) is 18.1. The lowest BCUT2D eigenvalue weighted by Crippen LogP contribution is -2.49. The van der Waals surface area contributed by atoms with Crippen LogP contribution in [0.25, 0.3) is 10.2 Å². The molecule has 0 spiro atoms. The molecule has 1 aliphatic rings. The van der Waals surface area contributed by atoms with Crippen LogP contribution in [0.4, 0.5) is 5.82 Å². The second-order valence-electron chi connectivity index (χ2n) is 6.67. The van der Waals surface area contributed by atoms with Crippen molar-refractivity contribution >= 4 is 33.3 Å². The fraction of sp³-hybridized carbons (Fsp3) is 0.444. The molecule has 0 bridgehead atoms. The number of amides is 1. The van der Waals surface area contributed by atoms with Crippen molar-refractivity contribution in [1.29, 1.82) is 0 Å². The van der Waals surface area contributed by atoms with Crippen molar-refractivity contribution in [1.82, 2.24) is 24.6 Å². The molecule has 1 saturated heterocycles. The lowest BCUT2D eigenvalue weighted by atomic mass is 10.2. The summed E-state index contributed by atoms with van der Waals surface area (Å²) in [5.74, 6) is 1.18. The van der Waals surface area contributed by atoms with Gasteiger partial charge in [-0.15, -0.1) is 11.3 Å². The molecule has 3 aromatic heterocycles. The molecule has 136 valence electrons.